The van der Waals surface area contributed by atoms with Crippen molar-refractivity contribution in [2.45, 2.75) is 24.9 Å². The predicted octanol–water partition coefficient (Wildman–Crippen LogP) is 3.52. The first-order chi connectivity index (χ1) is 13.5. The van der Waals surface area contributed by atoms with Crippen LogP contribution in [0.3, 0.4) is 0 Å². The van der Waals surface area contributed by atoms with Gasteiger partial charge in [0, 0.05) is 24.9 Å². The molecule has 2 aromatic carbocycles. The summed E-state index contributed by atoms with van der Waals surface area (Å²) in [7, 11) is 0. The van der Waals surface area contributed by atoms with E-state index in [1.807, 2.05) is 59.5 Å². The van der Waals surface area contributed by atoms with E-state index in [0.29, 0.717) is 43.0 Å². The second kappa shape index (κ2) is 7.73. The summed E-state index contributed by atoms with van der Waals surface area (Å²) in [6, 6.07) is 19.2. The maximum absolute atomic E-state index is 12.5. The molecule has 0 unspecified atom stereocenters. The second-order valence-corrected chi connectivity index (χ2v) is 7.67. The van der Waals surface area contributed by atoms with Crippen molar-refractivity contribution in [3.63, 3.8) is 0 Å². The van der Waals surface area contributed by atoms with Gasteiger partial charge >= 0.3 is 0 Å². The molecular formula is C22H22N2O3S. The summed E-state index contributed by atoms with van der Waals surface area (Å²) in [5, 5.41) is 14.9. The summed E-state index contributed by atoms with van der Waals surface area (Å²) >= 11 is 5.41. The summed E-state index contributed by atoms with van der Waals surface area (Å²) in [6.45, 7) is 1.20. The van der Waals surface area contributed by atoms with Crippen molar-refractivity contribution in [2.24, 2.45) is 0 Å². The number of para-hydroxylation sites is 1. The Morgan fingerprint density at radius 2 is 1.79 bits per heavy atom. The fourth-order valence-corrected chi connectivity index (χ4v) is 3.89. The number of likely N-dealkylation sites (tertiary alicyclic amines) is 1. The minimum absolute atomic E-state index is 0.237. The molecule has 1 amide bonds. The number of thiocarbonyl (C=S) groups is 1. The van der Waals surface area contributed by atoms with Gasteiger partial charge in [-0.1, -0.05) is 48.5 Å². The van der Waals surface area contributed by atoms with Gasteiger partial charge in [-0.2, -0.15) is 0 Å². The molecule has 4 rings (SSSR count). The lowest BCUT2D eigenvalue weighted by Gasteiger charge is -2.39. The van der Waals surface area contributed by atoms with Crippen LogP contribution in [0, 0.1) is 0 Å². The molecule has 2 heterocycles. The number of carbonyl (C=O) groups excluding carboxylic acids is 1. The predicted molar refractivity (Wildman–Crippen MR) is 112 cm³/mol. The largest absolute Gasteiger partial charge is 0.451 e. The van der Waals surface area contributed by atoms with Crippen LogP contribution in [0.5, 0.6) is 0 Å². The van der Waals surface area contributed by atoms with Crippen molar-refractivity contribution in [2.75, 3.05) is 13.1 Å². The molecule has 1 aliphatic heterocycles. The lowest BCUT2D eigenvalue weighted by Crippen LogP contribution is -2.51. The molecule has 144 valence electrons. The molecule has 1 saturated heterocycles. The first-order valence-corrected chi connectivity index (χ1v) is 9.78. The van der Waals surface area contributed by atoms with E-state index in [9.17, 15) is 9.90 Å². The van der Waals surface area contributed by atoms with Gasteiger partial charge in [0.2, 0.25) is 0 Å². The van der Waals surface area contributed by atoms with Gasteiger partial charge < -0.3 is 14.4 Å². The minimum Gasteiger partial charge on any atom is -0.451 e. The van der Waals surface area contributed by atoms with Gasteiger partial charge in [-0.3, -0.25) is 10.1 Å². The number of fused-ring (bicyclic) bond motifs is 1. The fourth-order valence-electron chi connectivity index (χ4n) is 3.61. The topological polar surface area (TPSA) is 65.7 Å². The van der Waals surface area contributed by atoms with E-state index < -0.39 is 5.60 Å². The molecule has 1 aromatic heterocycles. The Morgan fingerprint density at radius 3 is 2.50 bits per heavy atom. The molecule has 6 heteroatoms. The van der Waals surface area contributed by atoms with Crippen LogP contribution in [0.2, 0.25) is 0 Å². The van der Waals surface area contributed by atoms with E-state index in [1.54, 1.807) is 6.07 Å². The van der Waals surface area contributed by atoms with Gasteiger partial charge in [0.1, 0.15) is 5.58 Å². The smallest absolute Gasteiger partial charge is 0.293 e. The number of furan rings is 1. The van der Waals surface area contributed by atoms with E-state index in [2.05, 4.69) is 5.32 Å². The van der Waals surface area contributed by atoms with Gasteiger partial charge in [-0.15, -0.1) is 0 Å². The first kappa shape index (κ1) is 18.7. The molecule has 0 bridgehead atoms. The summed E-state index contributed by atoms with van der Waals surface area (Å²) in [6.07, 6.45) is 1.82. The van der Waals surface area contributed by atoms with Crippen LogP contribution >= 0.6 is 12.2 Å². The molecule has 2 N–H and O–H groups in total. The SMILES string of the molecule is O=C(NC(=S)N1CCC(O)(Cc2ccccc2)CC1)c1cc2ccccc2o1. The molecule has 3 aromatic rings. The number of nitrogens with one attached hydrogen (secondary N) is 1. The number of benzene rings is 2. The highest BCUT2D eigenvalue weighted by molar-refractivity contribution is 7.80. The highest BCUT2D eigenvalue weighted by Crippen LogP contribution is 2.26. The maximum atomic E-state index is 12.5. The van der Waals surface area contributed by atoms with E-state index >= 15 is 0 Å². The van der Waals surface area contributed by atoms with Gasteiger partial charge in [0.25, 0.3) is 5.91 Å². The Hall–Kier alpha value is -2.70. The maximum Gasteiger partial charge on any atom is 0.293 e. The molecule has 0 radical (unpaired) electrons. The zero-order valence-electron chi connectivity index (χ0n) is 15.4. The highest BCUT2D eigenvalue weighted by atomic mass is 32.1. The third-order valence-electron chi connectivity index (χ3n) is 5.23. The number of carbonyl (C=O) groups is 1. The Morgan fingerprint density at radius 1 is 1.11 bits per heavy atom. The Bertz CT molecular complexity index is 958. The number of piperidine rings is 1. The van der Waals surface area contributed by atoms with Crippen LogP contribution < -0.4 is 5.32 Å². The standard InChI is InChI=1S/C22H22N2O3S/c25-20(19-14-17-8-4-5-9-18(17)27-19)23-21(28)24-12-10-22(26,11-13-24)15-16-6-2-1-3-7-16/h1-9,14,26H,10-13,15H2,(H,23,25,28). The van der Waals surface area contributed by atoms with Gasteiger partial charge in [-0.25, -0.2) is 0 Å². The van der Waals surface area contributed by atoms with Crippen LogP contribution in [0.15, 0.2) is 65.1 Å². The zero-order chi connectivity index (χ0) is 19.6. The van der Waals surface area contributed by atoms with Crippen LogP contribution in [0.4, 0.5) is 0 Å². The normalized spacial score (nSPS) is 16.1. The highest BCUT2D eigenvalue weighted by Gasteiger charge is 2.33. The van der Waals surface area contributed by atoms with Crippen LogP contribution in [0.25, 0.3) is 11.0 Å². The molecule has 0 saturated carbocycles. The van der Waals surface area contributed by atoms with Crippen molar-refractivity contribution >= 4 is 34.2 Å². The molecule has 28 heavy (non-hydrogen) atoms. The van der Waals surface area contributed by atoms with Gasteiger partial charge in [-0.05, 0) is 42.8 Å². The third kappa shape index (κ3) is 4.08. The number of rotatable bonds is 3. The second-order valence-electron chi connectivity index (χ2n) is 7.28. The number of amides is 1. The van der Waals surface area contributed by atoms with Crippen molar-refractivity contribution < 1.29 is 14.3 Å². The van der Waals surface area contributed by atoms with Crippen molar-refractivity contribution in [1.29, 1.82) is 0 Å². The van der Waals surface area contributed by atoms with Crippen molar-refractivity contribution in [3.05, 3.63) is 72.0 Å². The molecule has 0 atom stereocenters. The lowest BCUT2D eigenvalue weighted by atomic mass is 9.85. The third-order valence-corrected chi connectivity index (χ3v) is 5.59. The first-order valence-electron chi connectivity index (χ1n) is 9.38. The molecule has 5 nitrogen and oxygen atoms in total. The quantitative estimate of drug-likeness (QED) is 0.666. The zero-order valence-corrected chi connectivity index (χ0v) is 16.2. The van der Waals surface area contributed by atoms with Gasteiger partial charge in [0.15, 0.2) is 10.9 Å². The average Bonchev–Trinajstić information content (AvgIpc) is 3.13. The lowest BCUT2D eigenvalue weighted by molar-refractivity contribution is -0.00693. The minimum atomic E-state index is -0.740. The Balaban J connectivity index is 1.34. The molecule has 1 aliphatic rings. The summed E-state index contributed by atoms with van der Waals surface area (Å²) in [5.41, 5.74) is 1.05. The van der Waals surface area contributed by atoms with E-state index in [1.165, 1.54) is 0 Å². The fraction of sp³-hybridized carbons (Fsp3) is 0.273. The Labute approximate surface area is 169 Å². The Kier molecular flexibility index (Phi) is 5.15. The number of hydrogen-bond donors (Lipinski definition) is 2. The molecule has 0 spiro atoms. The monoisotopic (exact) mass is 394 g/mol. The molecule has 1 fully saturated rings. The summed E-state index contributed by atoms with van der Waals surface area (Å²) < 4.78 is 5.59. The summed E-state index contributed by atoms with van der Waals surface area (Å²) in [5.74, 6) is -0.118. The molecule has 0 aliphatic carbocycles. The summed E-state index contributed by atoms with van der Waals surface area (Å²) in [4.78, 5) is 14.4. The number of hydrogen-bond acceptors (Lipinski definition) is 4. The van der Waals surface area contributed by atoms with Crippen LogP contribution in [0.1, 0.15) is 29.0 Å². The average molecular weight is 394 g/mol. The molecular weight excluding hydrogens is 372 g/mol. The van der Waals surface area contributed by atoms with E-state index in [-0.39, 0.29) is 11.7 Å². The number of aliphatic hydroxyl groups is 1. The van der Waals surface area contributed by atoms with Crippen LogP contribution in [-0.2, 0) is 6.42 Å². The van der Waals surface area contributed by atoms with Crippen molar-refractivity contribution in [3.8, 4) is 0 Å². The van der Waals surface area contributed by atoms with E-state index in [0.717, 1.165) is 10.9 Å². The number of nitrogens with zero attached hydrogens (tertiary/aromatic N) is 1. The van der Waals surface area contributed by atoms with Gasteiger partial charge in [0.05, 0.1) is 5.60 Å². The van der Waals surface area contributed by atoms with Crippen molar-refractivity contribution in [1.82, 2.24) is 10.2 Å². The van der Waals surface area contributed by atoms with Crippen LogP contribution in [-0.4, -0.2) is 39.7 Å². The van der Waals surface area contributed by atoms with E-state index in [4.69, 9.17) is 16.6 Å².